The molecular formula is C3H10BiNO2. The van der Waals surface area contributed by atoms with Gasteiger partial charge in [-0.05, 0) is 6.92 Å². The summed E-state index contributed by atoms with van der Waals surface area (Å²) in [5, 5.41) is 0. The SMILES string of the molecule is CCOC(N)=O.[BiH3]. The van der Waals surface area contributed by atoms with Crippen LogP contribution >= 0.6 is 0 Å². The summed E-state index contributed by atoms with van der Waals surface area (Å²) < 4.78 is 4.18. The van der Waals surface area contributed by atoms with E-state index in [9.17, 15) is 4.79 Å². The molecule has 2 N–H and O–H groups in total. The molecule has 7 heavy (non-hydrogen) atoms. The van der Waals surface area contributed by atoms with Crippen LogP contribution in [0.3, 0.4) is 0 Å². The van der Waals surface area contributed by atoms with Crippen LogP contribution in [0.25, 0.3) is 0 Å². The van der Waals surface area contributed by atoms with Crippen LogP contribution in [-0.4, -0.2) is 38.9 Å². The third-order valence-corrected chi connectivity index (χ3v) is 0.287. The van der Waals surface area contributed by atoms with E-state index in [1.165, 1.54) is 0 Å². The average molecular weight is 301 g/mol. The zero-order valence-corrected chi connectivity index (χ0v) is 9.81. The number of primary amides is 1. The van der Waals surface area contributed by atoms with Crippen LogP contribution in [0, 0.1) is 0 Å². The standard InChI is InChI=1S/C3H7NO2.Bi.3H/c1-2-6-3(4)5;;;;/h2H2,1H3,(H2,4,5);;;;. The predicted molar refractivity (Wildman–Crippen MR) is 31.1 cm³/mol. The molecule has 0 rings (SSSR count). The summed E-state index contributed by atoms with van der Waals surface area (Å²) in [6.45, 7) is 2.06. The summed E-state index contributed by atoms with van der Waals surface area (Å²) in [7, 11) is 0. The van der Waals surface area contributed by atoms with Gasteiger partial charge in [-0.3, -0.25) is 0 Å². The summed E-state index contributed by atoms with van der Waals surface area (Å²) in [6.07, 6.45) is -0.711. The van der Waals surface area contributed by atoms with Crippen molar-refractivity contribution in [3.05, 3.63) is 0 Å². The van der Waals surface area contributed by atoms with Crippen LogP contribution in [0.1, 0.15) is 6.92 Å². The minimum absolute atomic E-state index is 0. The second-order valence-electron chi connectivity index (χ2n) is 0.752. The monoisotopic (exact) mass is 301 g/mol. The maximum absolute atomic E-state index is 9.60. The Hall–Kier alpha value is 0.153. The summed E-state index contributed by atoms with van der Waals surface area (Å²) >= 11 is 0. The van der Waals surface area contributed by atoms with Gasteiger partial charge in [0.1, 0.15) is 0 Å². The number of rotatable bonds is 1. The van der Waals surface area contributed by atoms with E-state index in [0.29, 0.717) is 6.61 Å². The molecule has 4 heteroatoms. The molecule has 0 aromatic carbocycles. The van der Waals surface area contributed by atoms with E-state index >= 15 is 0 Å². The fraction of sp³-hybridized carbons (Fsp3) is 0.667. The van der Waals surface area contributed by atoms with Gasteiger partial charge in [0.05, 0.1) is 6.61 Å². The van der Waals surface area contributed by atoms with Crippen molar-refractivity contribution < 1.29 is 9.53 Å². The third kappa shape index (κ3) is 10.7. The van der Waals surface area contributed by atoms with Gasteiger partial charge in [0.2, 0.25) is 0 Å². The Labute approximate surface area is 61.3 Å². The van der Waals surface area contributed by atoms with Crippen LogP contribution in [0.4, 0.5) is 4.79 Å². The zero-order valence-electron chi connectivity index (χ0n) is 4.31. The minimum atomic E-state index is -0.711. The topological polar surface area (TPSA) is 52.3 Å². The molecule has 0 saturated heterocycles. The molecule has 0 aromatic rings. The molecule has 0 radical (unpaired) electrons. The van der Waals surface area contributed by atoms with Gasteiger partial charge in [-0.25, -0.2) is 4.79 Å². The fourth-order valence-electron chi connectivity index (χ4n) is 0.142. The van der Waals surface area contributed by atoms with Crippen LogP contribution < -0.4 is 5.73 Å². The Balaban J connectivity index is 0. The fourth-order valence-corrected chi connectivity index (χ4v) is 0.142. The van der Waals surface area contributed by atoms with Crippen molar-refractivity contribution in [3.8, 4) is 0 Å². The molecule has 0 heterocycles. The van der Waals surface area contributed by atoms with Crippen LogP contribution in [0.15, 0.2) is 0 Å². The Morgan fingerprint density at radius 1 is 1.86 bits per heavy atom. The number of amides is 1. The molecule has 0 aliphatic heterocycles. The number of carbonyl (C=O) groups excluding carboxylic acids is 1. The van der Waals surface area contributed by atoms with Crippen molar-refractivity contribution in [1.29, 1.82) is 0 Å². The second kappa shape index (κ2) is 6.15. The number of hydrogen-bond donors (Lipinski definition) is 1. The molecule has 0 saturated carbocycles. The van der Waals surface area contributed by atoms with E-state index in [-0.39, 0.29) is 26.2 Å². The van der Waals surface area contributed by atoms with E-state index < -0.39 is 6.09 Å². The molecule has 0 spiro atoms. The van der Waals surface area contributed by atoms with E-state index in [1.54, 1.807) is 6.92 Å². The Morgan fingerprint density at radius 2 is 2.29 bits per heavy atom. The number of nitrogens with two attached hydrogens (primary N) is 1. The Kier molecular flexibility index (Phi) is 8.96. The summed E-state index contributed by atoms with van der Waals surface area (Å²) in [6, 6.07) is 0. The first-order chi connectivity index (χ1) is 2.77. The second-order valence-corrected chi connectivity index (χ2v) is 0.752. The predicted octanol–water partition coefficient (Wildman–Crippen LogP) is -1.08. The Morgan fingerprint density at radius 3 is 2.29 bits per heavy atom. The summed E-state index contributed by atoms with van der Waals surface area (Å²) in [5.74, 6) is 0. The first-order valence-electron chi connectivity index (χ1n) is 1.69. The van der Waals surface area contributed by atoms with Gasteiger partial charge < -0.3 is 10.5 Å². The van der Waals surface area contributed by atoms with Gasteiger partial charge >= 0.3 is 32.3 Å². The Bertz CT molecular complexity index is 56.9. The van der Waals surface area contributed by atoms with Crippen molar-refractivity contribution in [2.45, 2.75) is 6.92 Å². The summed E-state index contributed by atoms with van der Waals surface area (Å²) in [4.78, 5) is 9.60. The molecule has 0 aliphatic rings. The third-order valence-electron chi connectivity index (χ3n) is 0.287. The molecule has 0 aliphatic carbocycles. The first-order valence-corrected chi connectivity index (χ1v) is 1.69. The van der Waals surface area contributed by atoms with E-state index in [4.69, 9.17) is 0 Å². The molecule has 3 nitrogen and oxygen atoms in total. The van der Waals surface area contributed by atoms with E-state index in [2.05, 4.69) is 10.5 Å². The number of carbonyl (C=O) groups is 1. The van der Waals surface area contributed by atoms with Crippen molar-refractivity contribution in [2.24, 2.45) is 5.73 Å². The number of ether oxygens (including phenoxy) is 1. The summed E-state index contributed by atoms with van der Waals surface area (Å²) in [5.41, 5.74) is 4.54. The van der Waals surface area contributed by atoms with Gasteiger partial charge in [-0.2, -0.15) is 0 Å². The maximum atomic E-state index is 9.60. The van der Waals surface area contributed by atoms with Gasteiger partial charge in [0.15, 0.2) is 0 Å². The van der Waals surface area contributed by atoms with Crippen LogP contribution in [0.2, 0.25) is 0 Å². The van der Waals surface area contributed by atoms with Crippen molar-refractivity contribution >= 4 is 32.3 Å². The molecule has 0 aromatic heterocycles. The quantitative estimate of drug-likeness (QED) is 0.626. The molecule has 0 bridgehead atoms. The average Bonchev–Trinajstić information content (AvgIpc) is 1.35. The molecule has 1 amide bonds. The van der Waals surface area contributed by atoms with Crippen molar-refractivity contribution in [1.82, 2.24) is 0 Å². The molecular weight excluding hydrogens is 291 g/mol. The molecule has 0 fully saturated rings. The van der Waals surface area contributed by atoms with Crippen LogP contribution in [0.5, 0.6) is 0 Å². The van der Waals surface area contributed by atoms with E-state index in [0.717, 1.165) is 0 Å². The zero-order chi connectivity index (χ0) is 4.99. The van der Waals surface area contributed by atoms with Crippen molar-refractivity contribution in [2.75, 3.05) is 6.61 Å². The van der Waals surface area contributed by atoms with Crippen molar-refractivity contribution in [3.63, 3.8) is 0 Å². The molecule has 0 atom stereocenters. The molecule has 44 valence electrons. The first kappa shape index (κ1) is 10.2. The van der Waals surface area contributed by atoms with Crippen LogP contribution in [-0.2, 0) is 4.74 Å². The van der Waals surface area contributed by atoms with Gasteiger partial charge in [-0.1, -0.05) is 0 Å². The number of hydrogen-bond acceptors (Lipinski definition) is 2. The van der Waals surface area contributed by atoms with Gasteiger partial charge in [0, 0.05) is 0 Å². The normalized spacial score (nSPS) is 6.43. The van der Waals surface area contributed by atoms with E-state index in [1.807, 2.05) is 0 Å². The van der Waals surface area contributed by atoms with Gasteiger partial charge in [-0.15, -0.1) is 0 Å². The van der Waals surface area contributed by atoms with Gasteiger partial charge in [0.25, 0.3) is 0 Å². The molecule has 0 unspecified atom stereocenters.